The van der Waals surface area contributed by atoms with Crippen molar-refractivity contribution in [3.63, 3.8) is 0 Å². The van der Waals surface area contributed by atoms with E-state index in [0.717, 1.165) is 99.2 Å². The zero-order chi connectivity index (χ0) is 37.5. The van der Waals surface area contributed by atoms with Crippen LogP contribution in [0.4, 0.5) is 0 Å². The van der Waals surface area contributed by atoms with Crippen molar-refractivity contribution < 1.29 is 8.83 Å². The minimum Gasteiger partial charge on any atom is -0.456 e. The molecule has 4 heterocycles. The summed E-state index contributed by atoms with van der Waals surface area (Å²) in [7, 11) is 0. The summed E-state index contributed by atoms with van der Waals surface area (Å²) in [5.41, 5.74) is 11.3. The van der Waals surface area contributed by atoms with E-state index in [1.165, 1.54) is 0 Å². The smallest absolute Gasteiger partial charge is 0.164 e. The van der Waals surface area contributed by atoms with Crippen LogP contribution in [-0.4, -0.2) is 19.5 Å². The Balaban J connectivity index is 1.18. The van der Waals surface area contributed by atoms with Crippen molar-refractivity contribution in [3.05, 3.63) is 182 Å². The molecule has 266 valence electrons. The molecule has 0 N–H and O–H groups in total. The van der Waals surface area contributed by atoms with Crippen molar-refractivity contribution in [2.75, 3.05) is 0 Å². The summed E-state index contributed by atoms with van der Waals surface area (Å²) >= 11 is 0. The first-order chi connectivity index (χ1) is 28.2. The van der Waals surface area contributed by atoms with Gasteiger partial charge in [-0.1, -0.05) is 140 Å². The van der Waals surface area contributed by atoms with E-state index in [1.807, 2.05) is 91.0 Å². The van der Waals surface area contributed by atoms with Crippen molar-refractivity contribution in [2.24, 2.45) is 0 Å². The predicted molar refractivity (Wildman–Crippen MR) is 230 cm³/mol. The maximum atomic E-state index is 6.88. The SMILES string of the molecule is c1ccc(-c2nc(-c3ccccc3)nc(-c3cccc4oc5c(-c6ccccc6)cc(-n6c7ccccc7c7cc8oc9ccccc9c8cc76)cc5c34)n2)cc1. The summed E-state index contributed by atoms with van der Waals surface area (Å²) < 4.78 is 15.6. The third-order valence-electron chi connectivity index (χ3n) is 11.0. The maximum Gasteiger partial charge on any atom is 0.164 e. The van der Waals surface area contributed by atoms with Gasteiger partial charge < -0.3 is 13.4 Å². The van der Waals surface area contributed by atoms with Crippen molar-refractivity contribution in [1.29, 1.82) is 0 Å². The molecule has 0 aliphatic heterocycles. The Hall–Kier alpha value is -7.83. The number of furan rings is 2. The predicted octanol–water partition coefficient (Wildman–Crippen LogP) is 13.4. The Labute approximate surface area is 325 Å². The lowest BCUT2D eigenvalue weighted by Gasteiger charge is -2.12. The Kier molecular flexibility index (Phi) is 6.83. The van der Waals surface area contributed by atoms with E-state index in [-0.39, 0.29) is 0 Å². The van der Waals surface area contributed by atoms with Gasteiger partial charge in [0.25, 0.3) is 0 Å². The Morgan fingerprint density at radius 1 is 0.351 bits per heavy atom. The van der Waals surface area contributed by atoms with Crippen molar-refractivity contribution >= 4 is 65.7 Å². The highest BCUT2D eigenvalue weighted by molar-refractivity contribution is 6.19. The lowest BCUT2D eigenvalue weighted by atomic mass is 9.99. The molecule has 6 nitrogen and oxygen atoms in total. The molecule has 0 bridgehead atoms. The molecule has 12 aromatic rings. The maximum absolute atomic E-state index is 6.88. The molecule has 0 amide bonds. The molecule has 0 aliphatic rings. The molecule has 0 fully saturated rings. The molecule has 0 radical (unpaired) electrons. The molecule has 8 aromatic carbocycles. The van der Waals surface area contributed by atoms with Crippen LogP contribution in [0, 0.1) is 0 Å². The van der Waals surface area contributed by atoms with Gasteiger partial charge in [0.05, 0.1) is 11.0 Å². The number of rotatable bonds is 5. The number of hydrogen-bond acceptors (Lipinski definition) is 5. The highest BCUT2D eigenvalue weighted by Crippen LogP contribution is 2.44. The highest BCUT2D eigenvalue weighted by atomic mass is 16.3. The first kappa shape index (κ1) is 31.5. The third kappa shape index (κ3) is 4.94. The Morgan fingerprint density at radius 3 is 1.70 bits per heavy atom. The van der Waals surface area contributed by atoms with Crippen LogP contribution in [-0.2, 0) is 0 Å². The lowest BCUT2D eigenvalue weighted by molar-refractivity contribution is 0.669. The lowest BCUT2D eigenvalue weighted by Crippen LogP contribution is -2.00. The summed E-state index contributed by atoms with van der Waals surface area (Å²) in [5.74, 6) is 1.80. The third-order valence-corrected chi connectivity index (χ3v) is 11.0. The fourth-order valence-electron chi connectivity index (χ4n) is 8.45. The quantitative estimate of drug-likeness (QED) is 0.176. The zero-order valence-corrected chi connectivity index (χ0v) is 30.4. The Bertz CT molecular complexity index is 3450. The van der Waals surface area contributed by atoms with Crippen molar-refractivity contribution in [2.45, 2.75) is 0 Å². The van der Waals surface area contributed by atoms with Gasteiger partial charge in [0.2, 0.25) is 0 Å². The molecule has 0 atom stereocenters. The van der Waals surface area contributed by atoms with Crippen molar-refractivity contribution in [1.82, 2.24) is 19.5 Å². The molecule has 4 aromatic heterocycles. The van der Waals surface area contributed by atoms with E-state index < -0.39 is 0 Å². The van der Waals surface area contributed by atoms with Crippen LogP contribution in [0.5, 0.6) is 0 Å². The number of fused-ring (bicyclic) bond motifs is 9. The minimum absolute atomic E-state index is 0.578. The summed E-state index contributed by atoms with van der Waals surface area (Å²) in [4.78, 5) is 15.3. The van der Waals surface area contributed by atoms with Crippen LogP contribution in [0.1, 0.15) is 0 Å². The minimum atomic E-state index is 0.578. The molecule has 12 rings (SSSR count). The molecular formula is C51H30N4O2. The van der Waals surface area contributed by atoms with Crippen LogP contribution < -0.4 is 0 Å². The number of benzene rings is 8. The van der Waals surface area contributed by atoms with Crippen molar-refractivity contribution in [3.8, 4) is 51.0 Å². The van der Waals surface area contributed by atoms with Gasteiger partial charge >= 0.3 is 0 Å². The summed E-state index contributed by atoms with van der Waals surface area (Å²) in [6.45, 7) is 0. The first-order valence-corrected chi connectivity index (χ1v) is 19.0. The molecule has 6 heteroatoms. The molecular weight excluding hydrogens is 701 g/mol. The van der Waals surface area contributed by atoms with Crippen LogP contribution >= 0.6 is 0 Å². The van der Waals surface area contributed by atoms with E-state index >= 15 is 0 Å². The van der Waals surface area contributed by atoms with Gasteiger partial charge in [0.1, 0.15) is 22.3 Å². The van der Waals surface area contributed by atoms with Gasteiger partial charge in [-0.15, -0.1) is 0 Å². The summed E-state index contributed by atoms with van der Waals surface area (Å²) in [6.07, 6.45) is 0. The summed E-state index contributed by atoms with van der Waals surface area (Å²) in [5, 5.41) is 6.38. The molecule has 0 spiro atoms. The average molecular weight is 731 g/mol. The number of hydrogen-bond donors (Lipinski definition) is 0. The molecule has 0 aliphatic carbocycles. The van der Waals surface area contributed by atoms with Gasteiger partial charge in [0, 0.05) is 60.3 Å². The van der Waals surface area contributed by atoms with Gasteiger partial charge in [-0.05, 0) is 48.0 Å². The van der Waals surface area contributed by atoms with Gasteiger partial charge in [0.15, 0.2) is 17.5 Å². The summed E-state index contributed by atoms with van der Waals surface area (Å²) in [6, 6.07) is 62.6. The molecule has 0 saturated carbocycles. The van der Waals surface area contributed by atoms with Crippen LogP contribution in [0.25, 0.3) is 117 Å². The van der Waals surface area contributed by atoms with E-state index in [0.29, 0.717) is 17.5 Å². The first-order valence-electron chi connectivity index (χ1n) is 19.0. The number of para-hydroxylation sites is 2. The second-order valence-electron chi connectivity index (χ2n) is 14.4. The van der Waals surface area contributed by atoms with Gasteiger partial charge in [-0.3, -0.25) is 0 Å². The van der Waals surface area contributed by atoms with Crippen LogP contribution in [0.15, 0.2) is 191 Å². The highest BCUT2D eigenvalue weighted by Gasteiger charge is 2.23. The second-order valence-corrected chi connectivity index (χ2v) is 14.4. The fraction of sp³-hybridized carbons (Fsp3) is 0. The van der Waals surface area contributed by atoms with Gasteiger partial charge in [-0.25, -0.2) is 15.0 Å². The second kappa shape index (κ2) is 12.3. The van der Waals surface area contributed by atoms with E-state index in [9.17, 15) is 0 Å². The van der Waals surface area contributed by atoms with E-state index in [1.54, 1.807) is 0 Å². The largest absolute Gasteiger partial charge is 0.456 e. The van der Waals surface area contributed by atoms with E-state index in [2.05, 4.69) is 95.6 Å². The zero-order valence-electron chi connectivity index (χ0n) is 30.4. The van der Waals surface area contributed by atoms with Crippen LogP contribution in [0.2, 0.25) is 0 Å². The average Bonchev–Trinajstić information content (AvgIpc) is 3.95. The Morgan fingerprint density at radius 2 is 0.965 bits per heavy atom. The normalized spacial score (nSPS) is 11.9. The van der Waals surface area contributed by atoms with Gasteiger partial charge in [-0.2, -0.15) is 0 Å². The molecule has 0 saturated heterocycles. The number of aromatic nitrogens is 4. The monoisotopic (exact) mass is 730 g/mol. The fourth-order valence-corrected chi connectivity index (χ4v) is 8.45. The topological polar surface area (TPSA) is 69.9 Å². The standard InChI is InChI=1S/C51H30N4O2/c1-4-15-31(16-5-1)38-27-34(55-42-24-12-10-21-35(42)39-30-46-40(29-43(39)55)36-22-11-13-25-44(36)56-46)28-41-47-37(23-14-26-45(47)57-48(38)41)51-53-49(32-17-6-2-7-18-32)52-50(54-51)33-19-8-3-9-20-33/h1-30H. The van der Waals surface area contributed by atoms with E-state index in [4.69, 9.17) is 23.8 Å². The molecule has 0 unspecified atom stereocenters. The number of nitrogens with zero attached hydrogens (tertiary/aromatic N) is 4. The van der Waals surface area contributed by atoms with Crippen LogP contribution in [0.3, 0.4) is 0 Å². The molecule has 57 heavy (non-hydrogen) atoms.